The third-order valence-corrected chi connectivity index (χ3v) is 4.35. The average molecular weight is 613 g/mol. The Labute approximate surface area is 281 Å². The molecule has 0 bridgehead atoms. The molecule has 1 heteroatoms. The van der Waals surface area contributed by atoms with Gasteiger partial charge in [-0.1, -0.05) is 243 Å². The zero-order valence-corrected chi connectivity index (χ0v) is 30.2. The summed E-state index contributed by atoms with van der Waals surface area (Å²) in [5.41, 5.74) is 4.22. The third-order valence-electron chi connectivity index (χ3n) is 4.35. The van der Waals surface area contributed by atoms with Crippen molar-refractivity contribution >= 4 is 24.0 Å². The molecule has 0 spiro atoms. The Hall–Kier alpha value is -3.97. The van der Waals surface area contributed by atoms with Gasteiger partial charge in [0, 0.05) is 5.56 Å². The van der Waals surface area contributed by atoms with Crippen LogP contribution in [0.3, 0.4) is 0 Å². The highest BCUT2D eigenvalue weighted by Crippen LogP contribution is 2.07. The summed E-state index contributed by atoms with van der Waals surface area (Å²) < 4.78 is 0. The summed E-state index contributed by atoms with van der Waals surface area (Å²) in [6, 6.07) is 39.7. The molecule has 250 valence electrons. The highest BCUT2D eigenvalue weighted by Gasteiger charge is 1.98. The first-order valence-corrected chi connectivity index (χ1v) is 16.7. The first kappa shape index (κ1) is 50.6. The van der Waals surface area contributed by atoms with Gasteiger partial charge in [0.05, 0.1) is 0 Å². The van der Waals surface area contributed by atoms with Gasteiger partial charge in [0.2, 0.25) is 0 Å². The van der Waals surface area contributed by atoms with Crippen molar-refractivity contribution in [2.75, 3.05) is 0 Å². The zero-order chi connectivity index (χ0) is 34.3. The van der Waals surface area contributed by atoms with Gasteiger partial charge in [-0.05, 0) is 22.8 Å². The van der Waals surface area contributed by atoms with E-state index in [1.807, 2.05) is 159 Å². The molecule has 1 nitrogen and oxygen atoms in total. The molecule has 0 unspecified atom stereocenters. The Balaban J connectivity index is -0.000000168. The van der Waals surface area contributed by atoms with Gasteiger partial charge in [-0.3, -0.25) is 4.79 Å². The Morgan fingerprint density at radius 2 is 0.644 bits per heavy atom. The first-order chi connectivity index (χ1) is 21.6. The summed E-state index contributed by atoms with van der Waals surface area (Å²) in [6.45, 7) is 24.5. The molecule has 0 N–H and O–H groups in total. The van der Waals surface area contributed by atoms with Crippen LogP contribution in [0.4, 0.5) is 0 Å². The van der Waals surface area contributed by atoms with Crippen LogP contribution in [-0.2, 0) is 0 Å². The Kier molecular flexibility index (Phi) is 50.1. The van der Waals surface area contributed by atoms with Gasteiger partial charge in [0.1, 0.15) is 0 Å². The Morgan fingerprint density at radius 1 is 0.422 bits per heavy atom. The van der Waals surface area contributed by atoms with Crippen molar-refractivity contribution in [1.82, 2.24) is 0 Å². The number of rotatable bonds is 5. The van der Waals surface area contributed by atoms with E-state index in [0.717, 1.165) is 11.1 Å². The van der Waals surface area contributed by atoms with E-state index in [2.05, 4.69) is 64.1 Å². The molecular weight excluding hydrogens is 544 g/mol. The predicted molar refractivity (Wildman–Crippen MR) is 212 cm³/mol. The lowest BCUT2D eigenvalue weighted by molar-refractivity contribution is 0.104. The molecule has 4 rings (SSSR count). The van der Waals surface area contributed by atoms with Crippen LogP contribution in [0.2, 0.25) is 0 Å². The number of carbonyl (C=O) groups is 1. The fourth-order valence-electron chi connectivity index (χ4n) is 2.76. The smallest absolute Gasteiger partial charge is 0.185 e. The second-order valence-electron chi connectivity index (χ2n) is 8.04. The van der Waals surface area contributed by atoms with E-state index >= 15 is 0 Å². The molecule has 0 aromatic heterocycles. The molecule has 0 aliphatic carbocycles. The molecule has 0 fully saturated rings. The highest BCUT2D eigenvalue weighted by atomic mass is 16.1. The minimum atomic E-state index is 0. The second kappa shape index (κ2) is 44.5. The van der Waals surface area contributed by atoms with Crippen LogP contribution in [0.25, 0.3) is 18.2 Å². The summed E-state index contributed by atoms with van der Waals surface area (Å²) in [7, 11) is 0. The number of hydrogen-bond donors (Lipinski definition) is 0. The Bertz CT molecular complexity index is 1050. The minimum absolute atomic E-state index is 0. The fourth-order valence-corrected chi connectivity index (χ4v) is 2.76. The van der Waals surface area contributed by atoms with Crippen LogP contribution in [0.5, 0.6) is 0 Å². The molecule has 45 heavy (non-hydrogen) atoms. The van der Waals surface area contributed by atoms with Crippen LogP contribution < -0.4 is 0 Å². The fraction of sp³-hybridized carbons (Fsp3) is 0.341. The molecule has 0 saturated carbocycles. The summed E-state index contributed by atoms with van der Waals surface area (Å²) in [4.78, 5) is 11.7. The third kappa shape index (κ3) is 32.8. The van der Waals surface area contributed by atoms with E-state index < -0.39 is 0 Å². The van der Waals surface area contributed by atoms with Gasteiger partial charge < -0.3 is 0 Å². The molecule has 0 saturated heterocycles. The van der Waals surface area contributed by atoms with Crippen LogP contribution in [0, 0.1) is 0 Å². The van der Waals surface area contributed by atoms with E-state index in [0.29, 0.717) is 0 Å². The number of carbonyl (C=O) groups excluding carboxylic acids is 1. The standard InChI is InChI=1S/C15H12O.C14H12.2C3H8.4C2H6.CH4/c16-15(14-9-5-2-6-10-14)12-11-13-7-3-1-4-8-13;1-3-7-13(8-4-1)11-12-14-9-5-2-6-10-14;2*1-3-2;4*1-2;/h1-12H;1-12H;2*3H2,1-2H3;4*1-2H3;1H4/b2*12-11+;;;;;;;. The molecule has 0 aliphatic rings. The topological polar surface area (TPSA) is 17.1 Å². The molecule has 4 aromatic rings. The Morgan fingerprint density at radius 3 is 0.911 bits per heavy atom. The maximum Gasteiger partial charge on any atom is 0.185 e. The maximum atomic E-state index is 11.7. The summed E-state index contributed by atoms with van der Waals surface area (Å²) in [5, 5.41) is 0. The molecule has 0 radical (unpaired) electrons. The number of ketones is 1. The van der Waals surface area contributed by atoms with Gasteiger partial charge in [-0.15, -0.1) is 0 Å². The van der Waals surface area contributed by atoms with Crippen LogP contribution in [-0.4, -0.2) is 5.78 Å². The van der Waals surface area contributed by atoms with Gasteiger partial charge in [0.15, 0.2) is 5.78 Å². The van der Waals surface area contributed by atoms with E-state index in [4.69, 9.17) is 0 Å². The van der Waals surface area contributed by atoms with Crippen molar-refractivity contribution < 1.29 is 4.79 Å². The van der Waals surface area contributed by atoms with Gasteiger partial charge in [-0.2, -0.15) is 0 Å². The van der Waals surface area contributed by atoms with Crippen molar-refractivity contribution in [2.24, 2.45) is 0 Å². The molecule has 0 heterocycles. The van der Waals surface area contributed by atoms with Gasteiger partial charge in [-0.25, -0.2) is 0 Å². The molecule has 0 aliphatic heterocycles. The molecule has 0 atom stereocenters. The van der Waals surface area contributed by atoms with Crippen LogP contribution in [0.1, 0.15) is 130 Å². The maximum absolute atomic E-state index is 11.7. The van der Waals surface area contributed by atoms with E-state index in [1.165, 1.54) is 24.0 Å². The van der Waals surface area contributed by atoms with Gasteiger partial charge in [0.25, 0.3) is 0 Å². The van der Waals surface area contributed by atoms with Crippen molar-refractivity contribution in [1.29, 1.82) is 0 Å². The van der Waals surface area contributed by atoms with Crippen molar-refractivity contribution in [3.63, 3.8) is 0 Å². The average Bonchev–Trinajstić information content (AvgIpc) is 3.12. The minimum Gasteiger partial charge on any atom is -0.289 e. The van der Waals surface area contributed by atoms with E-state index in [-0.39, 0.29) is 13.2 Å². The van der Waals surface area contributed by atoms with E-state index in [1.54, 1.807) is 6.08 Å². The number of benzene rings is 4. The SMILES string of the molecule is C.C(=C\c1ccccc1)/c1ccccc1.CC.CC.CC.CC.CCC.CCC.O=C(/C=C/c1ccccc1)c1ccccc1. The monoisotopic (exact) mass is 613 g/mol. The second-order valence-corrected chi connectivity index (χ2v) is 8.04. The summed E-state index contributed by atoms with van der Waals surface area (Å²) >= 11 is 0. The summed E-state index contributed by atoms with van der Waals surface area (Å²) in [6.07, 6.45) is 10.2. The molecular formula is C44H68O. The number of hydrogen-bond acceptors (Lipinski definition) is 1. The zero-order valence-electron chi connectivity index (χ0n) is 30.2. The predicted octanol–water partition coefficient (Wildman–Crippen LogP) is 15.0. The molecule has 0 amide bonds. The highest BCUT2D eigenvalue weighted by molar-refractivity contribution is 6.06. The largest absolute Gasteiger partial charge is 0.289 e. The lowest BCUT2D eigenvalue weighted by Gasteiger charge is -1.94. The lowest BCUT2D eigenvalue weighted by Crippen LogP contribution is -1.92. The van der Waals surface area contributed by atoms with Gasteiger partial charge >= 0.3 is 0 Å². The van der Waals surface area contributed by atoms with Crippen molar-refractivity contribution in [3.05, 3.63) is 150 Å². The van der Waals surface area contributed by atoms with Crippen LogP contribution in [0.15, 0.2) is 127 Å². The van der Waals surface area contributed by atoms with Crippen molar-refractivity contribution in [3.8, 4) is 0 Å². The summed E-state index contributed by atoms with van der Waals surface area (Å²) in [5.74, 6) is 0.0319. The first-order valence-electron chi connectivity index (χ1n) is 16.7. The normalized spacial score (nSPS) is 8.36. The van der Waals surface area contributed by atoms with Crippen molar-refractivity contribution in [2.45, 2.75) is 103 Å². The van der Waals surface area contributed by atoms with E-state index in [9.17, 15) is 4.79 Å². The molecule has 4 aromatic carbocycles. The van der Waals surface area contributed by atoms with Crippen LogP contribution >= 0.6 is 0 Å². The number of allylic oxidation sites excluding steroid dienone is 1. The lowest BCUT2D eigenvalue weighted by atomic mass is 10.1. The quantitative estimate of drug-likeness (QED) is 0.124.